The highest BCUT2D eigenvalue weighted by molar-refractivity contribution is 5.86. The third-order valence-electron chi connectivity index (χ3n) is 3.08. The first-order valence-corrected chi connectivity index (χ1v) is 4.95. The van der Waals surface area contributed by atoms with Crippen LogP contribution in [0.1, 0.15) is 20.3 Å². The van der Waals surface area contributed by atoms with Crippen LogP contribution in [-0.2, 0) is 9.59 Å². The van der Waals surface area contributed by atoms with E-state index < -0.39 is 12.0 Å². The summed E-state index contributed by atoms with van der Waals surface area (Å²) < 4.78 is 0. The molecule has 1 atom stereocenters. The van der Waals surface area contributed by atoms with Crippen molar-refractivity contribution in [1.29, 1.82) is 0 Å². The molecule has 1 saturated heterocycles. The number of carbonyl (C=O) groups is 2. The van der Waals surface area contributed by atoms with Crippen molar-refractivity contribution < 1.29 is 14.7 Å². The molecule has 1 amide bonds. The topological polar surface area (TPSA) is 60.9 Å². The summed E-state index contributed by atoms with van der Waals surface area (Å²) in [5.41, 5.74) is -0.178. The Balaban J connectivity index is 2.90. The van der Waals surface area contributed by atoms with Gasteiger partial charge in [-0.2, -0.15) is 0 Å². The predicted molar refractivity (Wildman–Crippen MR) is 55.5 cm³/mol. The molecule has 1 fully saturated rings. The molecule has 15 heavy (non-hydrogen) atoms. The van der Waals surface area contributed by atoms with Crippen LogP contribution in [-0.4, -0.2) is 59.0 Å². The number of carboxylic acid groups (broad SMARTS) is 1. The molecule has 0 aromatic carbocycles. The second-order valence-electron chi connectivity index (χ2n) is 4.73. The largest absolute Gasteiger partial charge is 0.481 e. The van der Waals surface area contributed by atoms with Gasteiger partial charge in [0, 0.05) is 19.1 Å². The number of hydrogen-bond acceptors (Lipinski definition) is 3. The predicted octanol–water partition coefficient (Wildman–Crippen LogP) is 0.0121. The van der Waals surface area contributed by atoms with Crippen molar-refractivity contribution in [3.63, 3.8) is 0 Å². The standard InChI is InChI=1S/C10H18N2O3/c1-10(2)6-11(3)9(15)7(12(10)4)5-8(13)14/h7H,5-6H2,1-4H3,(H,13,14). The smallest absolute Gasteiger partial charge is 0.305 e. The molecule has 0 radical (unpaired) electrons. The number of piperazine rings is 1. The lowest BCUT2D eigenvalue weighted by Crippen LogP contribution is -2.64. The van der Waals surface area contributed by atoms with Crippen LogP contribution in [0.2, 0.25) is 0 Å². The van der Waals surface area contributed by atoms with Gasteiger partial charge >= 0.3 is 5.97 Å². The van der Waals surface area contributed by atoms with E-state index in [2.05, 4.69) is 0 Å². The lowest BCUT2D eigenvalue weighted by molar-refractivity contribution is -0.153. The fourth-order valence-electron chi connectivity index (χ4n) is 2.00. The molecule has 5 nitrogen and oxygen atoms in total. The van der Waals surface area contributed by atoms with Gasteiger partial charge in [0.2, 0.25) is 5.91 Å². The van der Waals surface area contributed by atoms with Crippen LogP contribution < -0.4 is 0 Å². The minimum atomic E-state index is -0.939. The molecule has 1 heterocycles. The number of nitrogens with zero attached hydrogens (tertiary/aromatic N) is 2. The van der Waals surface area contributed by atoms with Gasteiger partial charge in [0.25, 0.3) is 0 Å². The van der Waals surface area contributed by atoms with Crippen molar-refractivity contribution in [2.45, 2.75) is 31.8 Å². The Morgan fingerprint density at radius 2 is 2.07 bits per heavy atom. The van der Waals surface area contributed by atoms with E-state index in [1.807, 2.05) is 18.7 Å². The minimum Gasteiger partial charge on any atom is -0.481 e. The van der Waals surface area contributed by atoms with Gasteiger partial charge in [-0.05, 0) is 20.9 Å². The number of rotatable bonds is 2. The molecule has 0 spiro atoms. The van der Waals surface area contributed by atoms with Gasteiger partial charge < -0.3 is 10.0 Å². The molecule has 1 aliphatic rings. The van der Waals surface area contributed by atoms with Crippen molar-refractivity contribution in [3.8, 4) is 0 Å². The highest BCUT2D eigenvalue weighted by atomic mass is 16.4. The molecule has 1 rings (SSSR count). The van der Waals surface area contributed by atoms with Gasteiger partial charge in [-0.1, -0.05) is 0 Å². The van der Waals surface area contributed by atoms with Crippen molar-refractivity contribution in [3.05, 3.63) is 0 Å². The number of carbonyl (C=O) groups excluding carboxylic acids is 1. The van der Waals surface area contributed by atoms with Crippen LogP contribution in [0.25, 0.3) is 0 Å². The zero-order chi connectivity index (χ0) is 11.8. The molecule has 0 aromatic heterocycles. The minimum absolute atomic E-state index is 0.112. The third-order valence-corrected chi connectivity index (χ3v) is 3.08. The summed E-state index contributed by atoms with van der Waals surface area (Å²) in [7, 11) is 3.52. The fourth-order valence-corrected chi connectivity index (χ4v) is 2.00. The van der Waals surface area contributed by atoms with E-state index >= 15 is 0 Å². The Kier molecular flexibility index (Phi) is 3.04. The van der Waals surface area contributed by atoms with E-state index in [4.69, 9.17) is 5.11 Å². The third kappa shape index (κ3) is 2.28. The summed E-state index contributed by atoms with van der Waals surface area (Å²) >= 11 is 0. The normalized spacial score (nSPS) is 26.8. The van der Waals surface area contributed by atoms with E-state index in [1.54, 1.807) is 19.0 Å². The molecule has 0 saturated carbocycles. The van der Waals surface area contributed by atoms with Gasteiger partial charge in [0.1, 0.15) is 6.04 Å². The number of likely N-dealkylation sites (N-methyl/N-ethyl adjacent to an activating group) is 2. The van der Waals surface area contributed by atoms with Crippen molar-refractivity contribution >= 4 is 11.9 Å². The van der Waals surface area contributed by atoms with Crippen LogP contribution >= 0.6 is 0 Å². The lowest BCUT2D eigenvalue weighted by atomic mass is 9.94. The van der Waals surface area contributed by atoms with Crippen molar-refractivity contribution in [2.75, 3.05) is 20.6 Å². The average Bonchev–Trinajstić information content (AvgIpc) is 2.08. The number of aliphatic carboxylic acids is 1. The van der Waals surface area contributed by atoms with E-state index in [9.17, 15) is 9.59 Å². The summed E-state index contributed by atoms with van der Waals surface area (Å²) in [5.74, 6) is -1.05. The van der Waals surface area contributed by atoms with Crippen LogP contribution in [0.15, 0.2) is 0 Å². The van der Waals surface area contributed by atoms with Crippen LogP contribution in [0, 0.1) is 0 Å². The zero-order valence-electron chi connectivity index (χ0n) is 9.65. The fraction of sp³-hybridized carbons (Fsp3) is 0.800. The molecule has 1 aliphatic heterocycles. The summed E-state index contributed by atoms with van der Waals surface area (Å²) in [6, 6.07) is -0.545. The van der Waals surface area contributed by atoms with Crippen LogP contribution in [0.4, 0.5) is 0 Å². The Hall–Kier alpha value is -1.10. The van der Waals surface area contributed by atoms with Gasteiger partial charge in [-0.15, -0.1) is 0 Å². The van der Waals surface area contributed by atoms with Gasteiger partial charge in [-0.25, -0.2) is 0 Å². The highest BCUT2D eigenvalue weighted by Gasteiger charge is 2.42. The van der Waals surface area contributed by atoms with Crippen LogP contribution in [0.5, 0.6) is 0 Å². The van der Waals surface area contributed by atoms with Gasteiger partial charge in [0.05, 0.1) is 6.42 Å². The van der Waals surface area contributed by atoms with Gasteiger partial charge in [0.15, 0.2) is 0 Å². The quantitative estimate of drug-likeness (QED) is 0.703. The molecule has 1 unspecified atom stereocenters. The Bertz CT molecular complexity index is 288. The molecule has 0 aliphatic carbocycles. The second kappa shape index (κ2) is 3.81. The zero-order valence-corrected chi connectivity index (χ0v) is 9.65. The summed E-state index contributed by atoms with van der Waals surface area (Å²) in [6.45, 7) is 4.63. The number of carboxylic acids is 1. The summed E-state index contributed by atoms with van der Waals surface area (Å²) in [5, 5.41) is 8.76. The Morgan fingerprint density at radius 1 is 1.53 bits per heavy atom. The molecule has 0 aromatic rings. The lowest BCUT2D eigenvalue weighted by Gasteiger charge is -2.48. The second-order valence-corrected chi connectivity index (χ2v) is 4.73. The molecule has 0 bridgehead atoms. The maximum Gasteiger partial charge on any atom is 0.305 e. The maximum absolute atomic E-state index is 11.8. The highest BCUT2D eigenvalue weighted by Crippen LogP contribution is 2.24. The van der Waals surface area contributed by atoms with Crippen molar-refractivity contribution in [1.82, 2.24) is 9.80 Å². The van der Waals surface area contributed by atoms with Gasteiger partial charge in [-0.3, -0.25) is 14.5 Å². The van der Waals surface area contributed by atoms with Crippen molar-refractivity contribution in [2.24, 2.45) is 0 Å². The Labute approximate surface area is 89.7 Å². The van der Waals surface area contributed by atoms with E-state index in [0.717, 1.165) is 0 Å². The maximum atomic E-state index is 11.8. The van der Waals surface area contributed by atoms with E-state index in [-0.39, 0.29) is 17.9 Å². The summed E-state index contributed by atoms with van der Waals surface area (Å²) in [4.78, 5) is 25.9. The van der Waals surface area contributed by atoms with Crippen LogP contribution in [0.3, 0.4) is 0 Å². The number of amides is 1. The molecular weight excluding hydrogens is 196 g/mol. The molecule has 1 N–H and O–H groups in total. The first kappa shape index (κ1) is 12.0. The average molecular weight is 214 g/mol. The first-order chi connectivity index (χ1) is 6.75. The first-order valence-electron chi connectivity index (χ1n) is 4.95. The Morgan fingerprint density at radius 3 is 2.53 bits per heavy atom. The monoisotopic (exact) mass is 214 g/mol. The molecular formula is C10H18N2O3. The number of hydrogen-bond donors (Lipinski definition) is 1. The SMILES string of the molecule is CN1CC(C)(C)N(C)C(CC(=O)O)C1=O. The summed E-state index contributed by atoms with van der Waals surface area (Å²) in [6.07, 6.45) is -0.136. The van der Waals surface area contributed by atoms with E-state index in [1.165, 1.54) is 0 Å². The van der Waals surface area contributed by atoms with E-state index in [0.29, 0.717) is 6.54 Å². The molecule has 5 heteroatoms. The molecule has 86 valence electrons.